The van der Waals surface area contributed by atoms with Crippen LogP contribution in [0.25, 0.3) is 0 Å². The third kappa shape index (κ3) is 4.70. The molecule has 0 aliphatic rings. The maximum atomic E-state index is 13.7. The molecule has 0 amide bonds. The molecule has 6 heteroatoms. The summed E-state index contributed by atoms with van der Waals surface area (Å²) in [6.45, 7) is 1.15. The molecule has 0 aromatic heterocycles. The van der Waals surface area contributed by atoms with E-state index in [1.54, 1.807) is 14.0 Å². The topological polar surface area (TPSA) is 15.3 Å². The van der Waals surface area contributed by atoms with Crippen molar-refractivity contribution in [1.82, 2.24) is 5.32 Å². The predicted octanol–water partition coefficient (Wildman–Crippen LogP) is 3.32. The molecular formula is C13H18F4N2. The number of nitrogens with one attached hydrogen (secondary N) is 1. The van der Waals surface area contributed by atoms with Gasteiger partial charge in [-0.3, -0.25) is 0 Å². The standard InChI is InChI=1S/C13H18F4N2/c1-3-7-19(9-13(15,16)17)12-6-4-5-11(14)10(12)8-18-2/h4-6,18H,3,7-9H2,1-2H3. The number of alkyl halides is 3. The first-order valence-electron chi connectivity index (χ1n) is 6.12. The second-order valence-corrected chi connectivity index (χ2v) is 4.30. The van der Waals surface area contributed by atoms with Crippen molar-refractivity contribution < 1.29 is 17.6 Å². The highest BCUT2D eigenvalue weighted by atomic mass is 19.4. The van der Waals surface area contributed by atoms with Crippen molar-refractivity contribution in [1.29, 1.82) is 0 Å². The first-order chi connectivity index (χ1) is 8.89. The lowest BCUT2D eigenvalue weighted by molar-refractivity contribution is -0.119. The second kappa shape index (κ2) is 6.75. The Kier molecular flexibility index (Phi) is 5.60. The van der Waals surface area contributed by atoms with Crippen molar-refractivity contribution >= 4 is 5.69 Å². The van der Waals surface area contributed by atoms with Gasteiger partial charge in [0.2, 0.25) is 0 Å². The molecule has 0 saturated heterocycles. The minimum absolute atomic E-state index is 0.195. The van der Waals surface area contributed by atoms with Crippen LogP contribution in [0.3, 0.4) is 0 Å². The summed E-state index contributed by atoms with van der Waals surface area (Å²) in [6.07, 6.45) is -3.75. The van der Waals surface area contributed by atoms with Gasteiger partial charge in [0.15, 0.2) is 0 Å². The van der Waals surface area contributed by atoms with Crippen LogP contribution in [-0.2, 0) is 6.54 Å². The molecule has 0 heterocycles. The SMILES string of the molecule is CCCN(CC(F)(F)F)c1cccc(F)c1CNC. The summed E-state index contributed by atoms with van der Waals surface area (Å²) >= 11 is 0. The Labute approximate surface area is 110 Å². The molecular weight excluding hydrogens is 260 g/mol. The summed E-state index contributed by atoms with van der Waals surface area (Å²) in [6, 6.07) is 4.22. The monoisotopic (exact) mass is 278 g/mol. The van der Waals surface area contributed by atoms with Gasteiger partial charge in [0, 0.05) is 24.3 Å². The summed E-state index contributed by atoms with van der Waals surface area (Å²) < 4.78 is 51.5. The summed E-state index contributed by atoms with van der Waals surface area (Å²) in [7, 11) is 1.63. The number of hydrogen-bond donors (Lipinski definition) is 1. The molecule has 0 unspecified atom stereocenters. The van der Waals surface area contributed by atoms with Crippen molar-refractivity contribution in [3.63, 3.8) is 0 Å². The smallest absolute Gasteiger partial charge is 0.362 e. The minimum Gasteiger partial charge on any atom is -0.362 e. The molecule has 1 aromatic carbocycles. The van der Waals surface area contributed by atoms with E-state index in [9.17, 15) is 17.6 Å². The normalized spacial score (nSPS) is 11.7. The maximum absolute atomic E-state index is 13.7. The number of benzene rings is 1. The van der Waals surface area contributed by atoms with Gasteiger partial charge in [-0.1, -0.05) is 13.0 Å². The van der Waals surface area contributed by atoms with Crippen molar-refractivity contribution in [2.24, 2.45) is 0 Å². The Morgan fingerprint density at radius 2 is 1.95 bits per heavy atom. The Morgan fingerprint density at radius 1 is 1.26 bits per heavy atom. The van der Waals surface area contributed by atoms with Gasteiger partial charge >= 0.3 is 6.18 Å². The van der Waals surface area contributed by atoms with Gasteiger partial charge in [-0.05, 0) is 25.6 Å². The molecule has 19 heavy (non-hydrogen) atoms. The number of hydrogen-bond acceptors (Lipinski definition) is 2. The first kappa shape index (κ1) is 15.8. The van der Waals surface area contributed by atoms with Crippen LogP contribution in [0.4, 0.5) is 23.2 Å². The zero-order valence-corrected chi connectivity index (χ0v) is 11.0. The van der Waals surface area contributed by atoms with Crippen LogP contribution >= 0.6 is 0 Å². The van der Waals surface area contributed by atoms with Gasteiger partial charge in [0.1, 0.15) is 12.4 Å². The fraction of sp³-hybridized carbons (Fsp3) is 0.538. The maximum Gasteiger partial charge on any atom is 0.405 e. The molecule has 0 fully saturated rings. The molecule has 0 aliphatic heterocycles. The van der Waals surface area contributed by atoms with E-state index in [1.807, 2.05) is 0 Å². The third-order valence-electron chi connectivity index (χ3n) is 2.65. The summed E-state index contributed by atoms with van der Waals surface area (Å²) in [5.74, 6) is -0.491. The van der Waals surface area contributed by atoms with E-state index in [-0.39, 0.29) is 18.7 Å². The highest BCUT2D eigenvalue weighted by Crippen LogP contribution is 2.27. The van der Waals surface area contributed by atoms with Gasteiger partial charge in [0.25, 0.3) is 0 Å². The van der Waals surface area contributed by atoms with Gasteiger partial charge in [-0.2, -0.15) is 13.2 Å². The van der Waals surface area contributed by atoms with Crippen LogP contribution in [0.1, 0.15) is 18.9 Å². The van der Waals surface area contributed by atoms with E-state index >= 15 is 0 Å². The van der Waals surface area contributed by atoms with Gasteiger partial charge < -0.3 is 10.2 Å². The molecule has 1 N–H and O–H groups in total. The van der Waals surface area contributed by atoms with Gasteiger partial charge in [-0.25, -0.2) is 4.39 Å². The van der Waals surface area contributed by atoms with Crippen LogP contribution in [-0.4, -0.2) is 26.3 Å². The van der Waals surface area contributed by atoms with Crippen LogP contribution in [0.15, 0.2) is 18.2 Å². The van der Waals surface area contributed by atoms with E-state index in [2.05, 4.69) is 5.32 Å². The Morgan fingerprint density at radius 3 is 2.47 bits per heavy atom. The minimum atomic E-state index is -4.31. The average Bonchev–Trinajstić information content (AvgIpc) is 2.30. The van der Waals surface area contributed by atoms with Crippen LogP contribution < -0.4 is 10.2 Å². The molecule has 108 valence electrons. The van der Waals surface area contributed by atoms with Crippen LogP contribution in [0, 0.1) is 5.82 Å². The first-order valence-corrected chi connectivity index (χ1v) is 6.12. The van der Waals surface area contributed by atoms with E-state index in [0.29, 0.717) is 12.1 Å². The summed E-state index contributed by atoms with van der Waals surface area (Å²) in [5.41, 5.74) is 0.566. The number of rotatable bonds is 6. The fourth-order valence-corrected chi connectivity index (χ4v) is 1.97. The molecule has 0 atom stereocenters. The molecule has 0 spiro atoms. The Hall–Kier alpha value is -1.30. The number of nitrogens with zero attached hydrogens (tertiary/aromatic N) is 1. The van der Waals surface area contributed by atoms with Gasteiger partial charge in [-0.15, -0.1) is 0 Å². The lowest BCUT2D eigenvalue weighted by Crippen LogP contribution is -2.36. The molecule has 0 bridgehead atoms. The molecule has 1 aromatic rings. The fourth-order valence-electron chi connectivity index (χ4n) is 1.97. The number of anilines is 1. The largest absolute Gasteiger partial charge is 0.405 e. The van der Waals surface area contributed by atoms with Crippen molar-refractivity contribution in [3.05, 3.63) is 29.6 Å². The van der Waals surface area contributed by atoms with Crippen molar-refractivity contribution in [2.45, 2.75) is 26.1 Å². The predicted molar refractivity (Wildman–Crippen MR) is 67.7 cm³/mol. The quantitative estimate of drug-likeness (QED) is 0.803. The molecule has 0 aliphatic carbocycles. The van der Waals surface area contributed by atoms with Crippen LogP contribution in [0.2, 0.25) is 0 Å². The van der Waals surface area contributed by atoms with E-state index in [0.717, 1.165) is 0 Å². The zero-order valence-electron chi connectivity index (χ0n) is 11.0. The number of halogens is 4. The van der Waals surface area contributed by atoms with Crippen LogP contribution in [0.5, 0.6) is 0 Å². The van der Waals surface area contributed by atoms with Crippen molar-refractivity contribution in [3.8, 4) is 0 Å². The average molecular weight is 278 g/mol. The molecule has 2 nitrogen and oxygen atoms in total. The van der Waals surface area contributed by atoms with E-state index in [1.165, 1.54) is 23.1 Å². The Bertz CT molecular complexity index is 404. The molecule has 1 rings (SSSR count). The summed E-state index contributed by atoms with van der Waals surface area (Å²) in [5, 5.41) is 2.78. The molecule has 0 saturated carbocycles. The second-order valence-electron chi connectivity index (χ2n) is 4.30. The van der Waals surface area contributed by atoms with E-state index < -0.39 is 18.5 Å². The lowest BCUT2D eigenvalue weighted by atomic mass is 10.1. The molecule has 0 radical (unpaired) electrons. The highest BCUT2D eigenvalue weighted by molar-refractivity contribution is 5.54. The highest BCUT2D eigenvalue weighted by Gasteiger charge is 2.31. The van der Waals surface area contributed by atoms with Gasteiger partial charge in [0.05, 0.1) is 0 Å². The zero-order chi connectivity index (χ0) is 14.5. The lowest BCUT2D eigenvalue weighted by Gasteiger charge is -2.28. The summed E-state index contributed by atoms with van der Waals surface area (Å²) in [4.78, 5) is 1.18. The van der Waals surface area contributed by atoms with Crippen molar-refractivity contribution in [2.75, 3.05) is 25.0 Å². The van der Waals surface area contributed by atoms with E-state index in [4.69, 9.17) is 0 Å². The third-order valence-corrected chi connectivity index (χ3v) is 2.65. The Balaban J connectivity index is 3.10.